The van der Waals surface area contributed by atoms with Crippen LogP contribution < -0.4 is 10.6 Å². The van der Waals surface area contributed by atoms with Gasteiger partial charge in [-0.1, -0.05) is 19.9 Å². The number of nitrogens with zero attached hydrogens (tertiary/aromatic N) is 1. The van der Waals surface area contributed by atoms with E-state index in [1.807, 2.05) is 13.8 Å². The lowest BCUT2D eigenvalue weighted by Gasteiger charge is -2.21. The van der Waals surface area contributed by atoms with Crippen molar-refractivity contribution in [2.45, 2.75) is 53.4 Å². The van der Waals surface area contributed by atoms with Gasteiger partial charge in [-0.25, -0.2) is 9.38 Å². The summed E-state index contributed by atoms with van der Waals surface area (Å²) in [5.41, 5.74) is 1.50. The molecule has 0 amide bonds. The Morgan fingerprint density at radius 2 is 1.96 bits per heavy atom. The maximum Gasteiger partial charge on any atom is 0.191 e. The normalized spacial score (nSPS) is 12.6. The molecular weight excluding hydrogens is 460 g/mol. The zero-order valence-electron chi connectivity index (χ0n) is 17.2. The smallest absolute Gasteiger partial charge is 0.191 e. The maximum atomic E-state index is 13.7. The van der Waals surface area contributed by atoms with Crippen LogP contribution in [-0.4, -0.2) is 38.9 Å². The Morgan fingerprint density at radius 1 is 1.22 bits per heavy atom. The molecule has 0 saturated heterocycles. The Bertz CT molecular complexity index is 556. The van der Waals surface area contributed by atoms with Gasteiger partial charge in [0.15, 0.2) is 5.96 Å². The molecule has 27 heavy (non-hydrogen) atoms. The number of halogens is 2. The van der Waals surface area contributed by atoms with Crippen LogP contribution in [0, 0.1) is 11.7 Å². The van der Waals surface area contributed by atoms with Gasteiger partial charge in [0.25, 0.3) is 0 Å². The molecule has 0 heterocycles. The molecule has 7 heteroatoms. The van der Waals surface area contributed by atoms with E-state index in [0.29, 0.717) is 18.0 Å². The molecule has 0 bridgehead atoms. The monoisotopic (exact) mass is 495 g/mol. The molecule has 0 aliphatic heterocycles. The van der Waals surface area contributed by atoms with E-state index in [-0.39, 0.29) is 42.5 Å². The van der Waals surface area contributed by atoms with Crippen molar-refractivity contribution in [2.75, 3.05) is 26.8 Å². The summed E-state index contributed by atoms with van der Waals surface area (Å²) < 4.78 is 24.5. The third kappa shape index (κ3) is 10.3. The van der Waals surface area contributed by atoms with Gasteiger partial charge in [0.2, 0.25) is 0 Å². The number of rotatable bonds is 11. The number of methoxy groups -OCH3 is 1. The first kappa shape index (κ1) is 26.1. The SMILES string of the molecule is CCNC(=NCc1ccc(F)c(COC)c1)NCCC(OCC)C(C)C.I. The Morgan fingerprint density at radius 3 is 2.56 bits per heavy atom. The zero-order chi connectivity index (χ0) is 19.4. The quantitative estimate of drug-likeness (QED) is 0.276. The van der Waals surface area contributed by atoms with Crippen LogP contribution in [-0.2, 0) is 22.6 Å². The molecule has 0 aliphatic rings. The minimum absolute atomic E-state index is 0. The minimum atomic E-state index is -0.250. The molecule has 1 rings (SSSR count). The number of ether oxygens (including phenoxy) is 2. The Balaban J connectivity index is 0.00000676. The Kier molecular flexibility index (Phi) is 14.5. The van der Waals surface area contributed by atoms with Crippen molar-refractivity contribution in [1.29, 1.82) is 0 Å². The number of aliphatic imine (C=N–C) groups is 1. The van der Waals surface area contributed by atoms with Crippen molar-refractivity contribution in [3.05, 3.63) is 35.1 Å². The second-order valence-electron chi connectivity index (χ2n) is 6.51. The molecule has 1 atom stereocenters. The second-order valence-corrected chi connectivity index (χ2v) is 6.51. The highest BCUT2D eigenvalue weighted by Crippen LogP contribution is 2.13. The van der Waals surface area contributed by atoms with E-state index in [0.717, 1.165) is 37.6 Å². The summed E-state index contributed by atoms with van der Waals surface area (Å²) >= 11 is 0. The fourth-order valence-electron chi connectivity index (χ4n) is 2.66. The minimum Gasteiger partial charge on any atom is -0.380 e. The van der Waals surface area contributed by atoms with E-state index >= 15 is 0 Å². The molecule has 1 unspecified atom stereocenters. The molecule has 0 spiro atoms. The third-order valence-electron chi connectivity index (χ3n) is 4.02. The van der Waals surface area contributed by atoms with E-state index in [1.54, 1.807) is 19.2 Å². The molecule has 1 aromatic carbocycles. The molecule has 1 aromatic rings. The predicted molar refractivity (Wildman–Crippen MR) is 120 cm³/mol. The molecular formula is C20H35FIN3O2. The Labute approximate surface area is 180 Å². The summed E-state index contributed by atoms with van der Waals surface area (Å²) in [6.45, 7) is 11.4. The standard InChI is InChI=1S/C20H34FN3O2.HI/c1-6-22-20(23-11-10-19(15(3)4)26-7-2)24-13-16-8-9-18(21)17(12-16)14-25-5;/h8-9,12,15,19H,6-7,10-11,13-14H2,1-5H3,(H2,22,23,24);1H. The summed E-state index contributed by atoms with van der Waals surface area (Å²) in [6, 6.07) is 5.02. The van der Waals surface area contributed by atoms with Crippen LogP contribution in [0.15, 0.2) is 23.2 Å². The second kappa shape index (κ2) is 15.0. The fraction of sp³-hybridized carbons (Fsp3) is 0.650. The van der Waals surface area contributed by atoms with Crippen LogP contribution in [0.5, 0.6) is 0 Å². The highest BCUT2D eigenvalue weighted by atomic mass is 127. The number of benzene rings is 1. The largest absolute Gasteiger partial charge is 0.380 e. The molecule has 0 aliphatic carbocycles. The van der Waals surface area contributed by atoms with Crippen molar-refractivity contribution >= 4 is 29.9 Å². The van der Waals surface area contributed by atoms with E-state index in [2.05, 4.69) is 29.5 Å². The van der Waals surface area contributed by atoms with Crippen LogP contribution in [0.1, 0.15) is 45.2 Å². The number of nitrogens with one attached hydrogen (secondary N) is 2. The molecule has 0 radical (unpaired) electrons. The first-order chi connectivity index (χ1) is 12.5. The fourth-order valence-corrected chi connectivity index (χ4v) is 2.66. The maximum absolute atomic E-state index is 13.7. The van der Waals surface area contributed by atoms with Gasteiger partial charge >= 0.3 is 0 Å². The zero-order valence-corrected chi connectivity index (χ0v) is 19.5. The topological polar surface area (TPSA) is 54.9 Å². The van der Waals surface area contributed by atoms with Gasteiger partial charge in [-0.3, -0.25) is 0 Å². The summed E-state index contributed by atoms with van der Waals surface area (Å²) in [4.78, 5) is 4.59. The first-order valence-electron chi connectivity index (χ1n) is 9.41. The lowest BCUT2D eigenvalue weighted by atomic mass is 10.0. The Hall–Kier alpha value is -0.930. The molecule has 2 N–H and O–H groups in total. The lowest BCUT2D eigenvalue weighted by Crippen LogP contribution is -2.39. The van der Waals surface area contributed by atoms with E-state index in [4.69, 9.17) is 9.47 Å². The van der Waals surface area contributed by atoms with E-state index in [1.165, 1.54) is 6.07 Å². The van der Waals surface area contributed by atoms with Gasteiger partial charge in [0.1, 0.15) is 5.82 Å². The van der Waals surface area contributed by atoms with Crippen molar-refractivity contribution in [3.8, 4) is 0 Å². The van der Waals surface area contributed by atoms with Crippen LogP contribution in [0.3, 0.4) is 0 Å². The summed E-state index contributed by atoms with van der Waals surface area (Å²) in [5.74, 6) is 0.985. The number of hydrogen-bond donors (Lipinski definition) is 2. The average molecular weight is 495 g/mol. The van der Waals surface area contributed by atoms with Crippen molar-refractivity contribution in [2.24, 2.45) is 10.9 Å². The van der Waals surface area contributed by atoms with Crippen molar-refractivity contribution in [1.82, 2.24) is 10.6 Å². The summed E-state index contributed by atoms with van der Waals surface area (Å²) in [5, 5.41) is 6.58. The van der Waals surface area contributed by atoms with Gasteiger partial charge in [0.05, 0.1) is 19.3 Å². The molecule has 5 nitrogen and oxygen atoms in total. The molecule has 0 aromatic heterocycles. The van der Waals surface area contributed by atoms with Crippen LogP contribution in [0.2, 0.25) is 0 Å². The van der Waals surface area contributed by atoms with Crippen LogP contribution >= 0.6 is 24.0 Å². The first-order valence-corrected chi connectivity index (χ1v) is 9.41. The molecule has 0 fully saturated rings. The lowest BCUT2D eigenvalue weighted by molar-refractivity contribution is 0.0258. The van der Waals surface area contributed by atoms with E-state index in [9.17, 15) is 4.39 Å². The molecule has 156 valence electrons. The van der Waals surface area contributed by atoms with Crippen LogP contribution in [0.25, 0.3) is 0 Å². The van der Waals surface area contributed by atoms with Gasteiger partial charge < -0.3 is 20.1 Å². The molecule has 0 saturated carbocycles. The third-order valence-corrected chi connectivity index (χ3v) is 4.02. The van der Waals surface area contributed by atoms with Crippen molar-refractivity contribution in [3.63, 3.8) is 0 Å². The van der Waals surface area contributed by atoms with Crippen LogP contribution in [0.4, 0.5) is 4.39 Å². The summed E-state index contributed by atoms with van der Waals surface area (Å²) in [6.07, 6.45) is 1.16. The number of hydrogen-bond acceptors (Lipinski definition) is 3. The number of guanidine groups is 1. The highest BCUT2D eigenvalue weighted by molar-refractivity contribution is 14.0. The van der Waals surface area contributed by atoms with Crippen molar-refractivity contribution < 1.29 is 13.9 Å². The van der Waals surface area contributed by atoms with Gasteiger partial charge in [-0.05, 0) is 43.9 Å². The van der Waals surface area contributed by atoms with E-state index < -0.39 is 0 Å². The average Bonchev–Trinajstić information content (AvgIpc) is 2.61. The van der Waals surface area contributed by atoms with Gasteiger partial charge in [-0.2, -0.15) is 0 Å². The highest BCUT2D eigenvalue weighted by Gasteiger charge is 2.13. The predicted octanol–water partition coefficient (Wildman–Crippen LogP) is 4.10. The van der Waals surface area contributed by atoms with Gasteiger partial charge in [-0.15, -0.1) is 24.0 Å². The van der Waals surface area contributed by atoms with Gasteiger partial charge in [0, 0.05) is 32.4 Å². The summed E-state index contributed by atoms with van der Waals surface area (Å²) in [7, 11) is 1.56.